The molecule has 0 aliphatic heterocycles. The van der Waals surface area contributed by atoms with Crippen LogP contribution in [0.2, 0.25) is 0 Å². The smallest absolute Gasteiger partial charge is 0.261 e. The molecule has 8 heteroatoms. The molecule has 0 spiro atoms. The lowest BCUT2D eigenvalue weighted by Crippen LogP contribution is -2.37. The van der Waals surface area contributed by atoms with Gasteiger partial charge in [-0.1, -0.05) is 19.1 Å². The first-order chi connectivity index (χ1) is 13.7. The third-order valence-electron chi connectivity index (χ3n) is 4.34. The van der Waals surface area contributed by atoms with E-state index in [2.05, 4.69) is 5.32 Å². The monoisotopic (exact) mass is 420 g/mol. The molecule has 2 aromatic rings. The predicted molar refractivity (Wildman–Crippen MR) is 114 cm³/mol. The van der Waals surface area contributed by atoms with E-state index in [0.717, 1.165) is 17.6 Å². The number of nitrogens with zero attached hydrogens (tertiary/aromatic N) is 1. The number of nitrogens with one attached hydrogen (secondary N) is 1. The van der Waals surface area contributed by atoms with Gasteiger partial charge in [0.2, 0.25) is 10.0 Å². The van der Waals surface area contributed by atoms with Gasteiger partial charge in [0.15, 0.2) is 6.10 Å². The van der Waals surface area contributed by atoms with Gasteiger partial charge in [-0.2, -0.15) is 0 Å². The topological polar surface area (TPSA) is 84.9 Å². The van der Waals surface area contributed by atoms with Crippen LogP contribution >= 0.6 is 0 Å². The molecule has 0 radical (unpaired) electrons. The summed E-state index contributed by atoms with van der Waals surface area (Å²) >= 11 is 0. The zero-order chi connectivity index (χ0) is 21.4. The van der Waals surface area contributed by atoms with Crippen LogP contribution in [0.1, 0.15) is 25.8 Å². The number of ether oxygens (including phenoxy) is 2. The normalized spacial score (nSPS) is 12.1. The lowest BCUT2D eigenvalue weighted by molar-refractivity contribution is -0.128. The molecule has 2 aromatic carbocycles. The van der Waals surface area contributed by atoms with E-state index in [1.807, 2.05) is 38.1 Å². The van der Waals surface area contributed by atoms with Crippen LogP contribution < -0.4 is 19.1 Å². The lowest BCUT2D eigenvalue weighted by Gasteiger charge is -2.19. The molecular formula is C21H28N2O5S. The molecule has 0 aliphatic rings. The van der Waals surface area contributed by atoms with Gasteiger partial charge in [-0.05, 0) is 55.3 Å². The van der Waals surface area contributed by atoms with Gasteiger partial charge in [0.1, 0.15) is 11.5 Å². The van der Waals surface area contributed by atoms with Gasteiger partial charge < -0.3 is 14.8 Å². The molecule has 0 saturated heterocycles. The molecule has 0 fully saturated rings. The first kappa shape index (κ1) is 22.5. The molecular weight excluding hydrogens is 392 g/mol. The summed E-state index contributed by atoms with van der Waals surface area (Å²) < 4.78 is 35.6. The van der Waals surface area contributed by atoms with Crippen LogP contribution in [0.3, 0.4) is 0 Å². The van der Waals surface area contributed by atoms with Gasteiger partial charge in [0.25, 0.3) is 5.91 Å². The number of hydrogen-bond donors (Lipinski definition) is 1. The van der Waals surface area contributed by atoms with Crippen molar-refractivity contribution in [2.45, 2.75) is 32.9 Å². The zero-order valence-electron chi connectivity index (χ0n) is 17.2. The van der Waals surface area contributed by atoms with Crippen molar-refractivity contribution in [2.75, 3.05) is 24.2 Å². The number of anilines is 1. The van der Waals surface area contributed by atoms with E-state index in [1.54, 1.807) is 24.3 Å². The minimum atomic E-state index is -3.33. The van der Waals surface area contributed by atoms with E-state index in [1.165, 1.54) is 11.4 Å². The summed E-state index contributed by atoms with van der Waals surface area (Å²) in [6.07, 6.45) is 0.996. The van der Waals surface area contributed by atoms with Gasteiger partial charge in [0.05, 0.1) is 18.6 Å². The number of benzene rings is 2. The van der Waals surface area contributed by atoms with E-state index in [-0.39, 0.29) is 5.91 Å². The molecule has 0 aromatic heterocycles. The second kappa shape index (κ2) is 10.2. The van der Waals surface area contributed by atoms with Gasteiger partial charge in [-0.3, -0.25) is 9.10 Å². The molecule has 1 atom stereocenters. The number of rotatable bonds is 10. The van der Waals surface area contributed by atoms with Gasteiger partial charge in [-0.25, -0.2) is 8.42 Å². The average Bonchev–Trinajstić information content (AvgIpc) is 2.70. The maximum absolute atomic E-state index is 12.5. The fraction of sp³-hybridized carbons (Fsp3) is 0.381. The van der Waals surface area contributed by atoms with Crippen LogP contribution in [0.4, 0.5) is 5.69 Å². The molecule has 1 N–H and O–H groups in total. The molecule has 7 nitrogen and oxygen atoms in total. The Labute approximate surface area is 172 Å². The Morgan fingerprint density at radius 3 is 2.14 bits per heavy atom. The summed E-state index contributed by atoms with van der Waals surface area (Å²) in [5.74, 6) is 1.08. The largest absolute Gasteiger partial charge is 0.494 e. The molecule has 1 amide bonds. The third-order valence-corrected chi connectivity index (χ3v) is 5.55. The Bertz CT molecular complexity index is 896. The fourth-order valence-corrected chi connectivity index (χ4v) is 3.09. The van der Waals surface area contributed by atoms with Crippen LogP contribution in [0.5, 0.6) is 11.5 Å². The second-order valence-corrected chi connectivity index (χ2v) is 8.55. The minimum Gasteiger partial charge on any atom is -0.494 e. The summed E-state index contributed by atoms with van der Waals surface area (Å²) in [5.41, 5.74) is 1.48. The third kappa shape index (κ3) is 6.67. The van der Waals surface area contributed by atoms with E-state index in [4.69, 9.17) is 9.47 Å². The Morgan fingerprint density at radius 1 is 1.03 bits per heavy atom. The Hall–Kier alpha value is -2.74. The summed E-state index contributed by atoms with van der Waals surface area (Å²) in [5, 5.41) is 2.88. The van der Waals surface area contributed by atoms with Crippen molar-refractivity contribution in [3.63, 3.8) is 0 Å². The minimum absolute atomic E-state index is 0.210. The molecule has 0 saturated carbocycles. The Kier molecular flexibility index (Phi) is 7.90. The molecule has 29 heavy (non-hydrogen) atoms. The van der Waals surface area contributed by atoms with Crippen LogP contribution in [0, 0.1) is 0 Å². The summed E-state index contributed by atoms with van der Waals surface area (Å²) in [6.45, 7) is 4.80. The van der Waals surface area contributed by atoms with Crippen molar-refractivity contribution in [1.82, 2.24) is 5.32 Å². The molecule has 0 aliphatic carbocycles. The molecule has 0 bridgehead atoms. The Balaban J connectivity index is 1.94. The maximum Gasteiger partial charge on any atom is 0.261 e. The standard InChI is InChI=1S/C21H28N2O5S/c1-5-20(21(24)22-15-16-7-11-18(12-8-16)27-6-2)28-19-13-9-17(10-14-19)23(3)29(4,25)26/h7-14,20H,5-6,15H2,1-4H3,(H,22,24)/t20-/m1/s1. The van der Waals surface area contributed by atoms with Crippen LogP contribution in [0.25, 0.3) is 0 Å². The lowest BCUT2D eigenvalue weighted by atomic mass is 10.2. The SMILES string of the molecule is CCOc1ccc(CNC(=O)[C@@H](CC)Oc2ccc(N(C)S(C)(=O)=O)cc2)cc1. The zero-order valence-corrected chi connectivity index (χ0v) is 18.0. The highest BCUT2D eigenvalue weighted by Gasteiger charge is 2.18. The highest BCUT2D eigenvalue weighted by molar-refractivity contribution is 7.92. The van der Waals surface area contributed by atoms with Crippen molar-refractivity contribution in [2.24, 2.45) is 0 Å². The number of carbonyl (C=O) groups excluding carboxylic acids is 1. The quantitative estimate of drug-likeness (QED) is 0.639. The average molecular weight is 421 g/mol. The van der Waals surface area contributed by atoms with E-state index in [9.17, 15) is 13.2 Å². The summed E-state index contributed by atoms with van der Waals surface area (Å²) in [4.78, 5) is 12.5. The van der Waals surface area contributed by atoms with Crippen molar-refractivity contribution < 1.29 is 22.7 Å². The summed E-state index contributed by atoms with van der Waals surface area (Å²) in [6, 6.07) is 14.1. The Morgan fingerprint density at radius 2 is 1.62 bits per heavy atom. The molecule has 2 rings (SSSR count). The van der Waals surface area contributed by atoms with E-state index in [0.29, 0.717) is 31.0 Å². The molecule has 0 heterocycles. The van der Waals surface area contributed by atoms with Crippen molar-refractivity contribution in [3.05, 3.63) is 54.1 Å². The number of amides is 1. The highest BCUT2D eigenvalue weighted by atomic mass is 32.2. The molecule has 158 valence electrons. The van der Waals surface area contributed by atoms with Crippen molar-refractivity contribution in [3.8, 4) is 11.5 Å². The van der Waals surface area contributed by atoms with Crippen LogP contribution in [0.15, 0.2) is 48.5 Å². The molecule has 0 unspecified atom stereocenters. The highest BCUT2D eigenvalue weighted by Crippen LogP contribution is 2.21. The van der Waals surface area contributed by atoms with Crippen molar-refractivity contribution in [1.29, 1.82) is 0 Å². The first-order valence-electron chi connectivity index (χ1n) is 9.44. The first-order valence-corrected chi connectivity index (χ1v) is 11.3. The van der Waals surface area contributed by atoms with Crippen LogP contribution in [-0.4, -0.2) is 40.3 Å². The number of hydrogen-bond acceptors (Lipinski definition) is 5. The van der Waals surface area contributed by atoms with E-state index >= 15 is 0 Å². The van der Waals surface area contributed by atoms with E-state index < -0.39 is 16.1 Å². The van der Waals surface area contributed by atoms with Crippen molar-refractivity contribution >= 4 is 21.6 Å². The number of carbonyl (C=O) groups is 1. The summed E-state index contributed by atoms with van der Waals surface area (Å²) in [7, 11) is -1.85. The predicted octanol–water partition coefficient (Wildman–Crippen LogP) is 2.95. The number of sulfonamides is 1. The second-order valence-electron chi connectivity index (χ2n) is 6.53. The van der Waals surface area contributed by atoms with Gasteiger partial charge >= 0.3 is 0 Å². The fourth-order valence-electron chi connectivity index (χ4n) is 2.59. The maximum atomic E-state index is 12.5. The van der Waals surface area contributed by atoms with Gasteiger partial charge in [0, 0.05) is 13.6 Å². The van der Waals surface area contributed by atoms with Gasteiger partial charge in [-0.15, -0.1) is 0 Å². The van der Waals surface area contributed by atoms with Crippen LogP contribution in [-0.2, 0) is 21.4 Å².